The van der Waals surface area contributed by atoms with Crippen LogP contribution in [0.3, 0.4) is 0 Å². The van der Waals surface area contributed by atoms with Gasteiger partial charge in [-0.25, -0.2) is 0 Å². The molecule has 1 N–H and O–H groups in total. The van der Waals surface area contributed by atoms with E-state index >= 15 is 0 Å². The van der Waals surface area contributed by atoms with E-state index in [1.165, 1.54) is 0 Å². The van der Waals surface area contributed by atoms with E-state index in [4.69, 9.17) is 0 Å². The van der Waals surface area contributed by atoms with Gasteiger partial charge in [0.2, 0.25) is 0 Å². The fourth-order valence-electron chi connectivity index (χ4n) is 3.57. The number of carbonyl (C=O) groups is 1. The number of rotatable bonds is 4. The normalized spacial score (nSPS) is 17.3. The lowest BCUT2D eigenvalue weighted by Crippen LogP contribution is -2.41. The first-order valence-electron chi connectivity index (χ1n) is 8.99. The molecule has 3 rings (SSSR count). The van der Waals surface area contributed by atoms with Crippen molar-refractivity contribution in [2.24, 2.45) is 7.05 Å². The van der Waals surface area contributed by atoms with Crippen molar-refractivity contribution in [1.82, 2.24) is 25.0 Å². The molecule has 0 aliphatic carbocycles. The van der Waals surface area contributed by atoms with Crippen molar-refractivity contribution >= 4 is 18.3 Å². The summed E-state index contributed by atoms with van der Waals surface area (Å²) in [5.41, 5.74) is 3.37. The van der Waals surface area contributed by atoms with Gasteiger partial charge in [0, 0.05) is 25.0 Å². The molecule has 142 valence electrons. The van der Waals surface area contributed by atoms with Crippen LogP contribution in [-0.2, 0) is 13.6 Å². The lowest BCUT2D eigenvalue weighted by Gasteiger charge is -2.31. The molecule has 0 spiro atoms. The minimum Gasteiger partial charge on any atom is -0.330 e. The summed E-state index contributed by atoms with van der Waals surface area (Å²) >= 11 is 0. The molecule has 1 unspecified atom stereocenters. The second-order valence-corrected chi connectivity index (χ2v) is 6.76. The molecule has 0 saturated carbocycles. The summed E-state index contributed by atoms with van der Waals surface area (Å²) in [6.45, 7) is 6.38. The third-order valence-corrected chi connectivity index (χ3v) is 5.03. The molecule has 6 nitrogen and oxygen atoms in total. The zero-order valence-electron chi connectivity index (χ0n) is 15.7. The van der Waals surface area contributed by atoms with E-state index in [2.05, 4.69) is 15.4 Å². The monoisotopic (exact) mass is 377 g/mol. The van der Waals surface area contributed by atoms with Crippen molar-refractivity contribution in [3.8, 4) is 0 Å². The van der Waals surface area contributed by atoms with Gasteiger partial charge in [0.1, 0.15) is 0 Å². The van der Waals surface area contributed by atoms with Crippen LogP contribution in [0.2, 0.25) is 0 Å². The first-order chi connectivity index (χ1) is 12.1. The Balaban J connectivity index is 0.00000243. The molecule has 0 bridgehead atoms. The number of carbonyl (C=O) groups excluding carboxylic acids is 1. The number of hydrogen-bond acceptors (Lipinski definition) is 4. The Morgan fingerprint density at radius 1 is 1.31 bits per heavy atom. The fourth-order valence-corrected chi connectivity index (χ4v) is 3.57. The van der Waals surface area contributed by atoms with Crippen LogP contribution in [0.1, 0.15) is 46.7 Å². The number of pyridine rings is 1. The maximum atomic E-state index is 13.4. The van der Waals surface area contributed by atoms with Gasteiger partial charge in [0.15, 0.2) is 0 Å². The summed E-state index contributed by atoms with van der Waals surface area (Å²) in [4.78, 5) is 19.9. The summed E-state index contributed by atoms with van der Waals surface area (Å²) in [6.07, 6.45) is 4.86. The van der Waals surface area contributed by atoms with E-state index in [9.17, 15) is 4.79 Å². The summed E-state index contributed by atoms with van der Waals surface area (Å²) in [7, 11) is 1.89. The van der Waals surface area contributed by atoms with Gasteiger partial charge in [-0.2, -0.15) is 5.10 Å². The van der Waals surface area contributed by atoms with Crippen molar-refractivity contribution < 1.29 is 4.79 Å². The smallest absolute Gasteiger partial charge is 0.258 e. The zero-order chi connectivity index (χ0) is 17.8. The van der Waals surface area contributed by atoms with Gasteiger partial charge < -0.3 is 10.2 Å². The van der Waals surface area contributed by atoms with E-state index in [1.807, 2.05) is 44.0 Å². The molecule has 1 saturated heterocycles. The first kappa shape index (κ1) is 20.4. The third kappa shape index (κ3) is 4.43. The average Bonchev–Trinajstić information content (AvgIpc) is 2.80. The van der Waals surface area contributed by atoms with Crippen molar-refractivity contribution in [3.63, 3.8) is 0 Å². The van der Waals surface area contributed by atoms with E-state index in [1.54, 1.807) is 10.9 Å². The van der Waals surface area contributed by atoms with Gasteiger partial charge in [-0.1, -0.05) is 6.07 Å². The highest BCUT2D eigenvalue weighted by Gasteiger charge is 2.29. The van der Waals surface area contributed by atoms with E-state index < -0.39 is 0 Å². The molecular weight excluding hydrogens is 350 g/mol. The predicted octanol–water partition coefficient (Wildman–Crippen LogP) is 2.64. The Kier molecular flexibility index (Phi) is 7.17. The van der Waals surface area contributed by atoms with Crippen LogP contribution in [0.5, 0.6) is 0 Å². The Labute approximate surface area is 161 Å². The first-order valence-corrected chi connectivity index (χ1v) is 8.99. The van der Waals surface area contributed by atoms with Gasteiger partial charge in [0.05, 0.1) is 23.5 Å². The molecular formula is C19H28ClN5O. The van der Waals surface area contributed by atoms with E-state index in [0.29, 0.717) is 6.54 Å². The molecule has 7 heteroatoms. The highest BCUT2D eigenvalue weighted by Crippen LogP contribution is 2.22. The maximum Gasteiger partial charge on any atom is 0.258 e. The zero-order valence-corrected chi connectivity index (χ0v) is 16.6. The standard InChI is InChI=1S/C19H27N5O.ClH/c1-14-18(15(2)23(3)22-14)19(25)24(13-16-7-4-5-11-21-16)17-8-6-10-20-12-9-17;/h4-5,7,11,17,20H,6,8-10,12-13H2,1-3H3;1H. The molecule has 3 heterocycles. The quantitative estimate of drug-likeness (QED) is 0.889. The number of amides is 1. The van der Waals surface area contributed by atoms with Crippen LogP contribution in [0.25, 0.3) is 0 Å². The molecule has 26 heavy (non-hydrogen) atoms. The number of aromatic nitrogens is 3. The fraction of sp³-hybridized carbons (Fsp3) is 0.526. The van der Waals surface area contributed by atoms with E-state index in [0.717, 1.165) is 55.0 Å². The van der Waals surface area contributed by atoms with Gasteiger partial charge in [-0.15, -0.1) is 12.4 Å². The van der Waals surface area contributed by atoms with Crippen LogP contribution in [0, 0.1) is 13.8 Å². The average molecular weight is 378 g/mol. The van der Waals surface area contributed by atoms with Crippen LogP contribution in [0.15, 0.2) is 24.4 Å². The number of nitrogens with zero attached hydrogens (tertiary/aromatic N) is 4. The summed E-state index contributed by atoms with van der Waals surface area (Å²) in [5, 5.41) is 7.86. The SMILES string of the molecule is Cc1nn(C)c(C)c1C(=O)N(Cc1ccccn1)C1CCCNCC1.Cl. The lowest BCUT2D eigenvalue weighted by molar-refractivity contribution is 0.0640. The van der Waals surface area contributed by atoms with Crippen LogP contribution in [-0.4, -0.2) is 44.7 Å². The number of aryl methyl sites for hydroxylation is 2. The molecule has 1 aliphatic heterocycles. The van der Waals surface area contributed by atoms with Gasteiger partial charge >= 0.3 is 0 Å². The Bertz CT molecular complexity index is 723. The van der Waals surface area contributed by atoms with Crippen LogP contribution >= 0.6 is 12.4 Å². The summed E-state index contributed by atoms with van der Waals surface area (Å²) < 4.78 is 1.79. The Morgan fingerprint density at radius 3 is 2.77 bits per heavy atom. The number of halogens is 1. The summed E-state index contributed by atoms with van der Waals surface area (Å²) in [5.74, 6) is 0.0700. The maximum absolute atomic E-state index is 13.4. The second kappa shape index (κ2) is 9.14. The highest BCUT2D eigenvalue weighted by molar-refractivity contribution is 5.96. The molecule has 1 aliphatic rings. The van der Waals surface area contributed by atoms with E-state index in [-0.39, 0.29) is 24.4 Å². The molecule has 2 aromatic rings. The van der Waals surface area contributed by atoms with Crippen molar-refractivity contribution in [2.45, 2.75) is 45.7 Å². The Morgan fingerprint density at radius 2 is 2.12 bits per heavy atom. The van der Waals surface area contributed by atoms with Gasteiger partial charge in [-0.05, 0) is 58.3 Å². The Hall–Kier alpha value is -1.92. The highest BCUT2D eigenvalue weighted by atomic mass is 35.5. The largest absolute Gasteiger partial charge is 0.330 e. The predicted molar refractivity (Wildman–Crippen MR) is 105 cm³/mol. The molecule has 2 aromatic heterocycles. The molecule has 1 amide bonds. The summed E-state index contributed by atoms with van der Waals surface area (Å²) in [6, 6.07) is 6.09. The van der Waals surface area contributed by atoms with Crippen molar-refractivity contribution in [1.29, 1.82) is 0 Å². The van der Waals surface area contributed by atoms with Crippen molar-refractivity contribution in [2.75, 3.05) is 13.1 Å². The minimum atomic E-state index is 0. The second-order valence-electron chi connectivity index (χ2n) is 6.76. The third-order valence-electron chi connectivity index (χ3n) is 5.03. The minimum absolute atomic E-state index is 0. The van der Waals surface area contributed by atoms with Gasteiger partial charge in [0.25, 0.3) is 5.91 Å². The van der Waals surface area contributed by atoms with Crippen LogP contribution in [0.4, 0.5) is 0 Å². The lowest BCUT2D eigenvalue weighted by atomic mass is 10.0. The van der Waals surface area contributed by atoms with Crippen LogP contribution < -0.4 is 5.32 Å². The number of nitrogens with one attached hydrogen (secondary N) is 1. The van der Waals surface area contributed by atoms with Crippen molar-refractivity contribution in [3.05, 3.63) is 47.0 Å². The van der Waals surface area contributed by atoms with Gasteiger partial charge in [-0.3, -0.25) is 14.5 Å². The topological polar surface area (TPSA) is 63.1 Å². The molecule has 0 radical (unpaired) electrons. The molecule has 0 aromatic carbocycles. The molecule has 1 atom stereocenters. The molecule has 1 fully saturated rings. The number of hydrogen-bond donors (Lipinski definition) is 1.